The minimum absolute atomic E-state index is 0.0693. The zero-order valence-corrected chi connectivity index (χ0v) is 10.5. The first kappa shape index (κ1) is 14.5. The van der Waals surface area contributed by atoms with Gasteiger partial charge in [-0.1, -0.05) is 12.1 Å². The number of benzene rings is 1. The lowest BCUT2D eigenvalue weighted by Crippen LogP contribution is -2.23. The van der Waals surface area contributed by atoms with Crippen molar-refractivity contribution in [2.45, 2.75) is 26.1 Å². The van der Waals surface area contributed by atoms with Gasteiger partial charge in [-0.2, -0.15) is 0 Å². The van der Waals surface area contributed by atoms with Gasteiger partial charge in [-0.25, -0.2) is 4.79 Å². The van der Waals surface area contributed by atoms with Gasteiger partial charge < -0.3 is 19.7 Å². The smallest absolute Gasteiger partial charge is 0.342 e. The van der Waals surface area contributed by atoms with Crippen molar-refractivity contribution >= 4 is 5.97 Å². The highest BCUT2D eigenvalue weighted by molar-refractivity contribution is 5.92. The van der Waals surface area contributed by atoms with E-state index in [1.54, 1.807) is 26.0 Å². The summed E-state index contributed by atoms with van der Waals surface area (Å²) in [4.78, 5) is 11.6. The van der Waals surface area contributed by atoms with E-state index in [0.717, 1.165) is 0 Å². The summed E-state index contributed by atoms with van der Waals surface area (Å²) in [6.45, 7) is 3.61. The zero-order valence-electron chi connectivity index (χ0n) is 10.5. The standard InChI is InChI=1S/C13H18O5/c1-9(14)7-17-10(2)8-18-13(16)11-5-3-4-6-12(11)15/h3-6,9-10,14-15H,7-8H2,1-2H3/t9-,10-/m1/s1. The molecule has 2 N–H and O–H groups in total. The highest BCUT2D eigenvalue weighted by Gasteiger charge is 2.13. The number of aliphatic hydroxyl groups excluding tert-OH is 1. The molecular formula is C13H18O5. The predicted octanol–water partition coefficient (Wildman–Crippen LogP) is 1.33. The second-order valence-corrected chi connectivity index (χ2v) is 4.11. The maximum Gasteiger partial charge on any atom is 0.342 e. The molecule has 1 rings (SSSR count). The molecule has 0 saturated heterocycles. The average molecular weight is 254 g/mol. The van der Waals surface area contributed by atoms with E-state index in [4.69, 9.17) is 14.6 Å². The lowest BCUT2D eigenvalue weighted by Gasteiger charge is -2.14. The number of ether oxygens (including phenoxy) is 2. The van der Waals surface area contributed by atoms with Crippen molar-refractivity contribution in [1.82, 2.24) is 0 Å². The third-order valence-corrected chi connectivity index (χ3v) is 2.20. The summed E-state index contributed by atoms with van der Waals surface area (Å²) in [5.41, 5.74) is 0.125. The number of carbonyl (C=O) groups is 1. The summed E-state index contributed by atoms with van der Waals surface area (Å²) < 4.78 is 10.2. The van der Waals surface area contributed by atoms with E-state index in [1.165, 1.54) is 12.1 Å². The topological polar surface area (TPSA) is 76.0 Å². The van der Waals surface area contributed by atoms with Gasteiger partial charge in [0.1, 0.15) is 17.9 Å². The molecule has 1 aromatic rings. The second-order valence-electron chi connectivity index (χ2n) is 4.11. The van der Waals surface area contributed by atoms with Gasteiger partial charge in [-0.05, 0) is 26.0 Å². The van der Waals surface area contributed by atoms with Gasteiger partial charge in [0.05, 0.1) is 18.8 Å². The molecule has 0 aromatic heterocycles. The van der Waals surface area contributed by atoms with Gasteiger partial charge in [-0.3, -0.25) is 0 Å². The third kappa shape index (κ3) is 4.73. The van der Waals surface area contributed by atoms with Crippen molar-refractivity contribution in [2.24, 2.45) is 0 Å². The maximum absolute atomic E-state index is 11.6. The van der Waals surface area contributed by atoms with E-state index in [9.17, 15) is 9.90 Å². The predicted molar refractivity (Wildman–Crippen MR) is 65.5 cm³/mol. The van der Waals surface area contributed by atoms with Crippen molar-refractivity contribution in [3.05, 3.63) is 29.8 Å². The van der Waals surface area contributed by atoms with Crippen LogP contribution in [-0.2, 0) is 9.47 Å². The number of hydrogen-bond acceptors (Lipinski definition) is 5. The Morgan fingerprint density at radius 1 is 1.28 bits per heavy atom. The first-order chi connectivity index (χ1) is 8.50. The average Bonchev–Trinajstić information content (AvgIpc) is 2.34. The number of phenolic OH excluding ortho intramolecular Hbond substituents is 1. The molecule has 0 unspecified atom stereocenters. The largest absolute Gasteiger partial charge is 0.507 e. The second kappa shape index (κ2) is 6.98. The summed E-state index contributed by atoms with van der Waals surface area (Å²) in [7, 11) is 0. The first-order valence-electron chi connectivity index (χ1n) is 5.75. The summed E-state index contributed by atoms with van der Waals surface area (Å²) in [5, 5.41) is 18.5. The monoisotopic (exact) mass is 254 g/mol. The fourth-order valence-electron chi connectivity index (χ4n) is 1.27. The normalized spacial score (nSPS) is 13.9. The van der Waals surface area contributed by atoms with Gasteiger partial charge in [0.15, 0.2) is 0 Å². The van der Waals surface area contributed by atoms with E-state index in [0.29, 0.717) is 0 Å². The molecule has 0 fully saturated rings. The Labute approximate surface area is 106 Å². The Kier molecular flexibility index (Phi) is 5.61. The van der Waals surface area contributed by atoms with E-state index < -0.39 is 12.1 Å². The molecule has 18 heavy (non-hydrogen) atoms. The molecule has 100 valence electrons. The molecule has 0 bridgehead atoms. The van der Waals surface area contributed by atoms with Crippen molar-refractivity contribution < 1.29 is 24.5 Å². The third-order valence-electron chi connectivity index (χ3n) is 2.20. The molecule has 0 saturated carbocycles. The quantitative estimate of drug-likeness (QED) is 0.749. The van der Waals surface area contributed by atoms with Crippen molar-refractivity contribution in [3.63, 3.8) is 0 Å². The molecule has 0 aliphatic rings. The number of carbonyl (C=O) groups excluding carboxylic acids is 1. The molecule has 2 atom stereocenters. The van der Waals surface area contributed by atoms with Crippen LogP contribution in [0.5, 0.6) is 5.75 Å². The highest BCUT2D eigenvalue weighted by atomic mass is 16.6. The minimum Gasteiger partial charge on any atom is -0.507 e. The lowest BCUT2D eigenvalue weighted by atomic mass is 10.2. The van der Waals surface area contributed by atoms with E-state index in [2.05, 4.69) is 0 Å². The molecule has 5 heteroatoms. The van der Waals surface area contributed by atoms with Crippen molar-refractivity contribution in [1.29, 1.82) is 0 Å². The fraction of sp³-hybridized carbons (Fsp3) is 0.462. The van der Waals surface area contributed by atoms with Crippen LogP contribution >= 0.6 is 0 Å². The van der Waals surface area contributed by atoms with Gasteiger partial charge in [0.2, 0.25) is 0 Å². The summed E-state index contributed by atoms with van der Waals surface area (Å²) in [6.07, 6.45) is -0.865. The van der Waals surface area contributed by atoms with Crippen molar-refractivity contribution in [3.8, 4) is 5.75 Å². The number of aliphatic hydroxyl groups is 1. The van der Waals surface area contributed by atoms with Crippen LogP contribution in [0.4, 0.5) is 0 Å². The Hall–Kier alpha value is -1.59. The number of esters is 1. The van der Waals surface area contributed by atoms with Crippen LogP contribution in [0.15, 0.2) is 24.3 Å². The summed E-state index contributed by atoms with van der Waals surface area (Å²) >= 11 is 0. The molecule has 0 amide bonds. The molecule has 0 radical (unpaired) electrons. The van der Waals surface area contributed by atoms with Gasteiger partial charge >= 0.3 is 5.97 Å². The Bertz CT molecular complexity index is 389. The molecule has 0 aliphatic carbocycles. The zero-order chi connectivity index (χ0) is 13.5. The lowest BCUT2D eigenvalue weighted by molar-refractivity contribution is -0.0279. The number of hydrogen-bond donors (Lipinski definition) is 2. The minimum atomic E-state index is -0.597. The van der Waals surface area contributed by atoms with Crippen molar-refractivity contribution in [2.75, 3.05) is 13.2 Å². The van der Waals surface area contributed by atoms with Crippen LogP contribution in [0.1, 0.15) is 24.2 Å². The Morgan fingerprint density at radius 2 is 1.94 bits per heavy atom. The molecule has 1 aromatic carbocycles. The maximum atomic E-state index is 11.6. The van der Waals surface area contributed by atoms with E-state index >= 15 is 0 Å². The molecular weight excluding hydrogens is 236 g/mol. The number of rotatable bonds is 6. The molecule has 5 nitrogen and oxygen atoms in total. The number of para-hydroxylation sites is 1. The van der Waals surface area contributed by atoms with Gasteiger partial charge in [0, 0.05) is 0 Å². The van der Waals surface area contributed by atoms with E-state index in [1.807, 2.05) is 0 Å². The van der Waals surface area contributed by atoms with Crippen LogP contribution in [0, 0.1) is 0 Å². The van der Waals surface area contributed by atoms with Gasteiger partial charge in [-0.15, -0.1) is 0 Å². The summed E-state index contributed by atoms with van der Waals surface area (Å²) in [5.74, 6) is -0.708. The van der Waals surface area contributed by atoms with E-state index in [-0.39, 0.29) is 30.6 Å². The first-order valence-corrected chi connectivity index (χ1v) is 5.75. The number of aromatic hydroxyl groups is 1. The highest BCUT2D eigenvalue weighted by Crippen LogP contribution is 2.16. The van der Waals surface area contributed by atoms with Gasteiger partial charge in [0.25, 0.3) is 0 Å². The Morgan fingerprint density at radius 3 is 2.56 bits per heavy atom. The van der Waals surface area contributed by atoms with Crippen LogP contribution in [-0.4, -0.2) is 41.6 Å². The van der Waals surface area contributed by atoms with Crippen LogP contribution in [0.3, 0.4) is 0 Å². The number of phenols is 1. The molecule has 0 spiro atoms. The van der Waals surface area contributed by atoms with Crippen LogP contribution in [0.2, 0.25) is 0 Å². The Balaban J connectivity index is 2.40. The van der Waals surface area contributed by atoms with Crippen LogP contribution < -0.4 is 0 Å². The SMILES string of the molecule is C[C@H](COC(=O)c1ccccc1O)OC[C@@H](C)O. The molecule has 0 heterocycles. The molecule has 0 aliphatic heterocycles. The summed E-state index contributed by atoms with van der Waals surface area (Å²) in [6, 6.07) is 6.17. The van der Waals surface area contributed by atoms with Crippen LogP contribution in [0.25, 0.3) is 0 Å². The fourth-order valence-corrected chi connectivity index (χ4v) is 1.27.